The molecular weight excluding hydrogens is 459 g/mol. The van der Waals surface area contributed by atoms with Crippen molar-refractivity contribution in [1.29, 1.82) is 0 Å². The smallest absolute Gasteiger partial charge is 0.352 e. The summed E-state index contributed by atoms with van der Waals surface area (Å²) in [6, 6.07) is 7.95. The summed E-state index contributed by atoms with van der Waals surface area (Å²) >= 11 is 6.03. The lowest BCUT2D eigenvalue weighted by Crippen LogP contribution is -2.52. The topological polar surface area (TPSA) is 77.6 Å². The third kappa shape index (κ3) is 5.87. The molecule has 0 spiro atoms. The number of benzene rings is 1. The van der Waals surface area contributed by atoms with Crippen LogP contribution in [-0.2, 0) is 17.5 Å². The van der Waals surface area contributed by atoms with Crippen LogP contribution in [0.4, 0.5) is 29.5 Å². The number of halogens is 4. The van der Waals surface area contributed by atoms with Crippen LogP contribution in [0.2, 0.25) is 5.02 Å². The highest BCUT2D eigenvalue weighted by Gasteiger charge is 2.32. The normalized spacial score (nSPS) is 16.5. The molecule has 33 heavy (non-hydrogen) atoms. The summed E-state index contributed by atoms with van der Waals surface area (Å²) in [5.74, 6) is 0.408. The van der Waals surface area contributed by atoms with E-state index < -0.39 is 11.7 Å². The fraction of sp³-hybridized carbons (Fsp3) is 0.409. The lowest BCUT2D eigenvalue weighted by Gasteiger charge is -2.35. The average molecular weight is 482 g/mol. The average Bonchev–Trinajstić information content (AvgIpc) is 3.63. The van der Waals surface area contributed by atoms with Crippen molar-refractivity contribution in [3.63, 3.8) is 0 Å². The number of piperazine rings is 1. The molecule has 0 radical (unpaired) electrons. The van der Waals surface area contributed by atoms with E-state index in [0.717, 1.165) is 30.7 Å². The Morgan fingerprint density at radius 2 is 1.85 bits per heavy atom. The van der Waals surface area contributed by atoms with Crippen molar-refractivity contribution in [2.24, 2.45) is 5.92 Å². The summed E-state index contributed by atoms with van der Waals surface area (Å²) in [4.78, 5) is 31.7. The van der Waals surface area contributed by atoms with E-state index in [9.17, 15) is 22.8 Å². The predicted molar refractivity (Wildman–Crippen MR) is 118 cm³/mol. The van der Waals surface area contributed by atoms with Gasteiger partial charge in [0.05, 0.1) is 10.6 Å². The first-order chi connectivity index (χ1) is 15.7. The third-order valence-electron chi connectivity index (χ3n) is 5.60. The van der Waals surface area contributed by atoms with Gasteiger partial charge in [0.1, 0.15) is 5.82 Å². The number of carbonyl (C=O) groups excluding carboxylic acids is 2. The molecule has 2 N–H and O–H groups in total. The fourth-order valence-electron chi connectivity index (χ4n) is 3.58. The molecule has 7 nitrogen and oxygen atoms in total. The largest absolute Gasteiger partial charge is 0.417 e. The molecule has 1 saturated carbocycles. The van der Waals surface area contributed by atoms with Gasteiger partial charge in [0, 0.05) is 50.5 Å². The number of carbonyl (C=O) groups is 2. The zero-order chi connectivity index (χ0) is 23.6. The van der Waals surface area contributed by atoms with E-state index in [1.807, 2.05) is 24.3 Å². The van der Waals surface area contributed by atoms with E-state index >= 15 is 0 Å². The highest BCUT2D eigenvalue weighted by molar-refractivity contribution is 6.33. The Hall–Kier alpha value is -3.01. The highest BCUT2D eigenvalue weighted by Crippen LogP contribution is 2.34. The SMILES string of the molecule is O=C(Nc1cccc(CNC(=O)N2CCN(c3ncc(C(F)(F)F)cc3Cl)CC2)c1)C1CC1. The maximum absolute atomic E-state index is 12.8. The molecule has 176 valence electrons. The van der Waals surface area contributed by atoms with Gasteiger partial charge in [0.2, 0.25) is 5.91 Å². The van der Waals surface area contributed by atoms with Gasteiger partial charge in [-0.1, -0.05) is 23.7 Å². The van der Waals surface area contributed by atoms with Crippen LogP contribution in [0.3, 0.4) is 0 Å². The second-order valence-electron chi connectivity index (χ2n) is 8.12. The molecule has 2 fully saturated rings. The second-order valence-corrected chi connectivity index (χ2v) is 8.53. The van der Waals surface area contributed by atoms with Gasteiger partial charge in [-0.15, -0.1) is 0 Å². The highest BCUT2D eigenvalue weighted by atomic mass is 35.5. The quantitative estimate of drug-likeness (QED) is 0.673. The number of anilines is 2. The lowest BCUT2D eigenvalue weighted by molar-refractivity contribution is -0.137. The number of nitrogens with one attached hydrogen (secondary N) is 2. The number of rotatable bonds is 5. The molecule has 2 aromatic rings. The van der Waals surface area contributed by atoms with E-state index in [1.54, 1.807) is 9.80 Å². The first-order valence-electron chi connectivity index (χ1n) is 10.6. The van der Waals surface area contributed by atoms with Crippen LogP contribution in [0.15, 0.2) is 36.5 Å². The van der Waals surface area contributed by atoms with E-state index in [4.69, 9.17) is 11.6 Å². The lowest BCUT2D eigenvalue weighted by atomic mass is 10.2. The summed E-state index contributed by atoms with van der Waals surface area (Å²) in [5.41, 5.74) is 0.662. The monoisotopic (exact) mass is 481 g/mol. The van der Waals surface area contributed by atoms with Gasteiger partial charge in [0.15, 0.2) is 0 Å². The molecule has 3 amide bonds. The van der Waals surface area contributed by atoms with Crippen molar-refractivity contribution < 1.29 is 22.8 Å². The molecule has 2 aliphatic rings. The van der Waals surface area contributed by atoms with Crippen LogP contribution >= 0.6 is 11.6 Å². The summed E-state index contributed by atoms with van der Waals surface area (Å²) in [6.45, 7) is 1.85. The standard InChI is InChI=1S/C22H23ClF3N5O2/c23-18-11-16(22(24,25)26)13-27-19(18)30-6-8-31(9-7-30)21(33)28-12-14-2-1-3-17(10-14)29-20(32)15-4-5-15/h1-3,10-11,13,15H,4-9,12H2,(H,28,33)(H,29,32). The number of pyridine rings is 1. The number of alkyl halides is 3. The van der Waals surface area contributed by atoms with E-state index in [-0.39, 0.29) is 28.7 Å². The minimum absolute atomic E-state index is 0.0247. The number of hydrogen-bond acceptors (Lipinski definition) is 4. The Kier molecular flexibility index (Phi) is 6.64. The predicted octanol–water partition coefficient (Wildman–Crippen LogP) is 4.13. The molecular formula is C22H23ClF3N5O2. The first kappa shape index (κ1) is 23.2. The number of amides is 3. The molecule has 1 aliphatic carbocycles. The van der Waals surface area contributed by atoms with E-state index in [0.29, 0.717) is 38.4 Å². The van der Waals surface area contributed by atoms with Crippen LogP contribution in [-0.4, -0.2) is 48.0 Å². The molecule has 0 bridgehead atoms. The molecule has 0 atom stereocenters. The van der Waals surface area contributed by atoms with Crippen molar-refractivity contribution in [3.05, 3.63) is 52.7 Å². The van der Waals surface area contributed by atoms with Crippen LogP contribution < -0.4 is 15.5 Å². The number of hydrogen-bond donors (Lipinski definition) is 2. The van der Waals surface area contributed by atoms with Crippen molar-refractivity contribution >= 4 is 35.0 Å². The Bertz CT molecular complexity index is 1040. The minimum atomic E-state index is -4.51. The molecule has 2 heterocycles. The molecule has 0 unspecified atom stereocenters. The van der Waals surface area contributed by atoms with Crippen molar-refractivity contribution in [3.8, 4) is 0 Å². The Balaban J connectivity index is 1.27. The van der Waals surface area contributed by atoms with Gasteiger partial charge < -0.3 is 20.4 Å². The van der Waals surface area contributed by atoms with Crippen molar-refractivity contribution in [1.82, 2.24) is 15.2 Å². The van der Waals surface area contributed by atoms with Crippen molar-refractivity contribution in [2.45, 2.75) is 25.6 Å². The molecule has 1 aliphatic heterocycles. The van der Waals surface area contributed by atoms with Gasteiger partial charge in [0.25, 0.3) is 0 Å². The Morgan fingerprint density at radius 3 is 2.48 bits per heavy atom. The molecule has 1 aromatic carbocycles. The number of aromatic nitrogens is 1. The van der Waals surface area contributed by atoms with Crippen LogP contribution in [0.1, 0.15) is 24.0 Å². The molecule has 1 saturated heterocycles. The Labute approximate surface area is 193 Å². The van der Waals surface area contributed by atoms with E-state index in [1.165, 1.54) is 0 Å². The maximum Gasteiger partial charge on any atom is 0.417 e. The number of nitrogens with zero attached hydrogens (tertiary/aromatic N) is 3. The molecule has 4 rings (SSSR count). The summed E-state index contributed by atoms with van der Waals surface area (Å²) in [6.07, 6.45) is -1.89. The first-order valence-corrected chi connectivity index (χ1v) is 11.0. The van der Waals surface area contributed by atoms with Gasteiger partial charge in [-0.25, -0.2) is 9.78 Å². The molecule has 11 heteroatoms. The zero-order valence-electron chi connectivity index (χ0n) is 17.7. The van der Waals surface area contributed by atoms with Crippen LogP contribution in [0.5, 0.6) is 0 Å². The fourth-order valence-corrected chi connectivity index (χ4v) is 3.86. The summed E-state index contributed by atoms with van der Waals surface area (Å²) in [5, 5.41) is 5.68. The van der Waals surface area contributed by atoms with Crippen molar-refractivity contribution in [2.75, 3.05) is 36.4 Å². The van der Waals surface area contributed by atoms with E-state index in [2.05, 4.69) is 15.6 Å². The van der Waals surface area contributed by atoms with Crippen LogP contribution in [0.25, 0.3) is 0 Å². The van der Waals surface area contributed by atoms with Gasteiger partial charge in [-0.3, -0.25) is 4.79 Å². The summed E-state index contributed by atoms with van der Waals surface area (Å²) in [7, 11) is 0. The maximum atomic E-state index is 12.8. The van der Waals surface area contributed by atoms with Gasteiger partial charge in [-0.05, 0) is 36.6 Å². The summed E-state index contributed by atoms with van der Waals surface area (Å²) < 4.78 is 38.4. The number of urea groups is 1. The van der Waals surface area contributed by atoms with Crippen LogP contribution in [0, 0.1) is 5.92 Å². The minimum Gasteiger partial charge on any atom is -0.352 e. The van der Waals surface area contributed by atoms with Gasteiger partial charge >= 0.3 is 12.2 Å². The zero-order valence-corrected chi connectivity index (χ0v) is 18.4. The second kappa shape index (κ2) is 9.46. The third-order valence-corrected chi connectivity index (χ3v) is 5.88. The Morgan fingerprint density at radius 1 is 1.12 bits per heavy atom. The molecule has 1 aromatic heterocycles. The van der Waals surface area contributed by atoms with Gasteiger partial charge in [-0.2, -0.15) is 13.2 Å².